The van der Waals surface area contributed by atoms with Crippen LogP contribution in [-0.4, -0.2) is 38.0 Å². The summed E-state index contributed by atoms with van der Waals surface area (Å²) in [5, 5.41) is 2.78. The van der Waals surface area contributed by atoms with Crippen molar-refractivity contribution in [2.75, 3.05) is 24.7 Å². The summed E-state index contributed by atoms with van der Waals surface area (Å²) < 4.78 is 24.6. The summed E-state index contributed by atoms with van der Waals surface area (Å²) in [6, 6.07) is 5.65. The van der Waals surface area contributed by atoms with Crippen molar-refractivity contribution in [2.24, 2.45) is 0 Å². The van der Waals surface area contributed by atoms with Crippen LogP contribution in [0.3, 0.4) is 0 Å². The van der Waals surface area contributed by atoms with Gasteiger partial charge in [0.2, 0.25) is 15.9 Å². The van der Waals surface area contributed by atoms with E-state index >= 15 is 0 Å². The topological polar surface area (TPSA) is 66.5 Å². The van der Waals surface area contributed by atoms with Crippen molar-refractivity contribution < 1.29 is 13.2 Å². The molecule has 1 aromatic rings. The van der Waals surface area contributed by atoms with Crippen molar-refractivity contribution in [3.63, 3.8) is 0 Å². The number of anilines is 1. The number of benzene rings is 1. The van der Waals surface area contributed by atoms with Crippen molar-refractivity contribution in [2.45, 2.75) is 33.6 Å². The molecule has 118 valence electrons. The quantitative estimate of drug-likeness (QED) is 0.840. The maximum atomic E-state index is 12.1. The van der Waals surface area contributed by atoms with Crippen LogP contribution < -0.4 is 5.32 Å². The summed E-state index contributed by atoms with van der Waals surface area (Å²) in [4.78, 5) is 12.1. The highest BCUT2D eigenvalue weighted by Crippen LogP contribution is 2.18. The Bertz CT molecular complexity index is 597. The molecule has 0 saturated heterocycles. The van der Waals surface area contributed by atoms with Gasteiger partial charge in [0.1, 0.15) is 0 Å². The lowest BCUT2D eigenvalue weighted by Crippen LogP contribution is -2.38. The number of amides is 1. The van der Waals surface area contributed by atoms with E-state index in [9.17, 15) is 13.2 Å². The molecule has 0 fully saturated rings. The highest BCUT2D eigenvalue weighted by atomic mass is 32.2. The SMILES string of the molecule is CCCCN(CC(=O)Nc1cccc(C)c1C)S(C)(=O)=O. The molecule has 1 N–H and O–H groups in total. The third kappa shape index (κ3) is 5.47. The predicted octanol–water partition coefficient (Wildman–Crippen LogP) is 2.30. The summed E-state index contributed by atoms with van der Waals surface area (Å²) in [7, 11) is -3.37. The van der Waals surface area contributed by atoms with Crippen molar-refractivity contribution >= 4 is 21.6 Å². The van der Waals surface area contributed by atoms with Gasteiger partial charge in [-0.1, -0.05) is 25.5 Å². The van der Waals surface area contributed by atoms with E-state index in [1.807, 2.05) is 39.0 Å². The normalized spacial score (nSPS) is 11.7. The van der Waals surface area contributed by atoms with Crippen LogP contribution >= 0.6 is 0 Å². The van der Waals surface area contributed by atoms with Gasteiger partial charge in [0.15, 0.2) is 0 Å². The zero-order valence-electron chi connectivity index (χ0n) is 13.1. The Morgan fingerprint density at radius 3 is 2.52 bits per heavy atom. The van der Waals surface area contributed by atoms with Crippen molar-refractivity contribution in [1.82, 2.24) is 4.31 Å². The Kier molecular flexibility index (Phi) is 6.36. The summed E-state index contributed by atoms with van der Waals surface area (Å²) in [5.74, 6) is -0.315. The first-order valence-corrected chi connectivity index (χ1v) is 8.91. The van der Waals surface area contributed by atoms with E-state index in [1.54, 1.807) is 0 Å². The number of carbonyl (C=O) groups excluding carboxylic acids is 1. The number of carbonyl (C=O) groups is 1. The second-order valence-electron chi connectivity index (χ2n) is 5.25. The van der Waals surface area contributed by atoms with Crippen LogP contribution in [0, 0.1) is 13.8 Å². The fraction of sp³-hybridized carbons (Fsp3) is 0.533. The number of rotatable bonds is 7. The third-order valence-corrected chi connectivity index (χ3v) is 4.68. The van der Waals surface area contributed by atoms with Crippen LogP contribution in [0.1, 0.15) is 30.9 Å². The largest absolute Gasteiger partial charge is 0.325 e. The van der Waals surface area contributed by atoms with Crippen LogP contribution in [0.2, 0.25) is 0 Å². The summed E-state index contributed by atoms with van der Waals surface area (Å²) in [6.45, 7) is 6.10. The number of nitrogens with one attached hydrogen (secondary N) is 1. The molecule has 1 amide bonds. The molecular weight excluding hydrogens is 288 g/mol. The Labute approximate surface area is 127 Å². The summed E-state index contributed by atoms with van der Waals surface area (Å²) >= 11 is 0. The maximum absolute atomic E-state index is 12.1. The van der Waals surface area contributed by atoms with Gasteiger partial charge in [-0.05, 0) is 37.5 Å². The van der Waals surface area contributed by atoms with Crippen LogP contribution in [0.4, 0.5) is 5.69 Å². The average Bonchev–Trinajstić information content (AvgIpc) is 2.38. The molecule has 0 radical (unpaired) electrons. The fourth-order valence-electron chi connectivity index (χ4n) is 1.93. The van der Waals surface area contributed by atoms with Gasteiger partial charge in [-0.15, -0.1) is 0 Å². The molecule has 0 aliphatic heterocycles. The van der Waals surface area contributed by atoms with E-state index in [4.69, 9.17) is 0 Å². The van der Waals surface area contributed by atoms with Gasteiger partial charge in [-0.3, -0.25) is 4.79 Å². The van der Waals surface area contributed by atoms with Crippen LogP contribution in [0.15, 0.2) is 18.2 Å². The van der Waals surface area contributed by atoms with E-state index in [0.717, 1.165) is 35.9 Å². The minimum atomic E-state index is -3.37. The Hall–Kier alpha value is -1.40. The van der Waals surface area contributed by atoms with Crippen LogP contribution in [-0.2, 0) is 14.8 Å². The lowest BCUT2D eigenvalue weighted by molar-refractivity contribution is -0.116. The Morgan fingerprint density at radius 2 is 1.95 bits per heavy atom. The third-order valence-electron chi connectivity index (χ3n) is 3.43. The highest BCUT2D eigenvalue weighted by molar-refractivity contribution is 7.88. The maximum Gasteiger partial charge on any atom is 0.239 e. The van der Waals surface area contributed by atoms with Gasteiger partial charge in [-0.25, -0.2) is 8.42 Å². The van der Waals surface area contributed by atoms with Crippen molar-refractivity contribution in [3.05, 3.63) is 29.3 Å². The van der Waals surface area contributed by atoms with Gasteiger partial charge in [0, 0.05) is 12.2 Å². The molecule has 21 heavy (non-hydrogen) atoms. The minimum Gasteiger partial charge on any atom is -0.325 e. The number of aryl methyl sites for hydroxylation is 1. The van der Waals surface area contributed by atoms with Gasteiger partial charge < -0.3 is 5.32 Å². The molecule has 0 aliphatic rings. The Balaban J connectivity index is 2.76. The molecule has 0 aromatic heterocycles. The van der Waals surface area contributed by atoms with E-state index in [1.165, 1.54) is 4.31 Å². The molecule has 1 rings (SSSR count). The second kappa shape index (κ2) is 7.56. The summed E-state index contributed by atoms with van der Waals surface area (Å²) in [6.07, 6.45) is 2.75. The fourth-order valence-corrected chi connectivity index (χ4v) is 2.75. The van der Waals surface area contributed by atoms with E-state index in [-0.39, 0.29) is 12.5 Å². The molecule has 0 bridgehead atoms. The Morgan fingerprint density at radius 1 is 1.29 bits per heavy atom. The zero-order chi connectivity index (χ0) is 16.0. The average molecular weight is 312 g/mol. The molecule has 0 atom stereocenters. The van der Waals surface area contributed by atoms with Gasteiger partial charge in [0.25, 0.3) is 0 Å². The van der Waals surface area contributed by atoms with Crippen molar-refractivity contribution in [1.29, 1.82) is 0 Å². The van der Waals surface area contributed by atoms with E-state index in [2.05, 4.69) is 5.32 Å². The first kappa shape index (κ1) is 17.7. The smallest absolute Gasteiger partial charge is 0.239 e. The van der Waals surface area contributed by atoms with Gasteiger partial charge >= 0.3 is 0 Å². The van der Waals surface area contributed by atoms with Gasteiger partial charge in [-0.2, -0.15) is 4.31 Å². The van der Waals surface area contributed by atoms with Crippen LogP contribution in [0.25, 0.3) is 0 Å². The van der Waals surface area contributed by atoms with Crippen molar-refractivity contribution in [3.8, 4) is 0 Å². The number of sulfonamides is 1. The molecule has 0 unspecified atom stereocenters. The predicted molar refractivity (Wildman–Crippen MR) is 85.9 cm³/mol. The first-order valence-electron chi connectivity index (χ1n) is 7.07. The molecular formula is C15H24N2O3S. The summed E-state index contributed by atoms with van der Waals surface area (Å²) in [5.41, 5.74) is 2.80. The van der Waals surface area contributed by atoms with E-state index in [0.29, 0.717) is 6.54 Å². The molecule has 5 nitrogen and oxygen atoms in total. The second-order valence-corrected chi connectivity index (χ2v) is 7.23. The van der Waals surface area contributed by atoms with Gasteiger partial charge in [0.05, 0.1) is 12.8 Å². The number of unbranched alkanes of at least 4 members (excludes halogenated alkanes) is 1. The zero-order valence-corrected chi connectivity index (χ0v) is 14.0. The molecule has 0 heterocycles. The van der Waals surface area contributed by atoms with E-state index < -0.39 is 10.0 Å². The minimum absolute atomic E-state index is 0.147. The first-order chi connectivity index (χ1) is 9.75. The molecule has 0 saturated carbocycles. The van der Waals surface area contributed by atoms with Crippen LogP contribution in [0.5, 0.6) is 0 Å². The molecule has 6 heteroatoms. The molecule has 0 spiro atoms. The molecule has 0 aliphatic carbocycles. The monoisotopic (exact) mass is 312 g/mol. The number of nitrogens with zero attached hydrogens (tertiary/aromatic N) is 1. The lowest BCUT2D eigenvalue weighted by Gasteiger charge is -2.19. The number of hydrogen-bond donors (Lipinski definition) is 1. The standard InChI is InChI=1S/C15H24N2O3S/c1-5-6-10-17(21(4,19)20)11-15(18)16-14-9-7-8-12(2)13(14)3/h7-9H,5-6,10-11H2,1-4H3,(H,16,18). The lowest BCUT2D eigenvalue weighted by atomic mass is 10.1. The molecule has 1 aromatic carbocycles. The number of hydrogen-bond acceptors (Lipinski definition) is 3. The highest BCUT2D eigenvalue weighted by Gasteiger charge is 2.19.